The molecule has 1 amide bonds. The van der Waals surface area contributed by atoms with E-state index in [4.69, 9.17) is 0 Å². The Labute approximate surface area is 164 Å². The zero-order chi connectivity index (χ0) is 20.4. The van der Waals surface area contributed by atoms with Crippen LogP contribution in [0.15, 0.2) is 36.2 Å². The highest BCUT2D eigenvalue weighted by Gasteiger charge is 2.25. The molecule has 0 bridgehead atoms. The van der Waals surface area contributed by atoms with Crippen molar-refractivity contribution in [3.8, 4) is 11.1 Å². The molecule has 0 atom stereocenters. The van der Waals surface area contributed by atoms with Crippen LogP contribution in [0.25, 0.3) is 17.2 Å². The molecule has 1 saturated carbocycles. The highest BCUT2D eigenvalue weighted by atomic mass is 19.1. The van der Waals surface area contributed by atoms with Crippen LogP contribution in [0.2, 0.25) is 0 Å². The van der Waals surface area contributed by atoms with Gasteiger partial charge < -0.3 is 10.6 Å². The van der Waals surface area contributed by atoms with Crippen LogP contribution in [0.3, 0.4) is 0 Å². The Bertz CT molecular complexity index is 930. The van der Waals surface area contributed by atoms with E-state index in [0.29, 0.717) is 11.1 Å². The van der Waals surface area contributed by atoms with E-state index in [9.17, 15) is 13.6 Å². The van der Waals surface area contributed by atoms with Gasteiger partial charge in [-0.15, -0.1) is 0 Å². The summed E-state index contributed by atoms with van der Waals surface area (Å²) in [5.41, 5.74) is 4.19. The number of amides is 1. The molecule has 2 N–H and O–H groups in total. The van der Waals surface area contributed by atoms with E-state index in [1.807, 2.05) is 39.8 Å². The standard InChI is InChI=1S/C23H26F2N2O/c1-13(2)26-18-7-8-19(21(24)12-18)20-10-14(3)16(9-15(20)4)11-22(25)23(28)27-17-5-6-17/h7-13,17,26H,5-6H2,1-4H3,(H,27,28)/b22-11+. The second-order valence-electron chi connectivity index (χ2n) is 7.76. The summed E-state index contributed by atoms with van der Waals surface area (Å²) in [5.74, 6) is -1.80. The fourth-order valence-electron chi connectivity index (χ4n) is 3.12. The maximum atomic E-state index is 14.7. The molecule has 28 heavy (non-hydrogen) atoms. The molecule has 1 aliphatic rings. The molecule has 0 heterocycles. The summed E-state index contributed by atoms with van der Waals surface area (Å²) in [6, 6.07) is 9.03. The van der Waals surface area contributed by atoms with E-state index in [1.54, 1.807) is 12.1 Å². The molecule has 0 saturated heterocycles. The first-order valence-corrected chi connectivity index (χ1v) is 9.60. The molecular formula is C23H26F2N2O. The maximum Gasteiger partial charge on any atom is 0.280 e. The topological polar surface area (TPSA) is 41.1 Å². The molecule has 0 aromatic heterocycles. The molecule has 0 radical (unpaired) electrons. The van der Waals surface area contributed by atoms with Crippen LogP contribution < -0.4 is 10.6 Å². The van der Waals surface area contributed by atoms with E-state index >= 15 is 0 Å². The number of carbonyl (C=O) groups excluding carboxylic acids is 1. The van der Waals surface area contributed by atoms with Crippen molar-refractivity contribution < 1.29 is 13.6 Å². The Morgan fingerprint density at radius 2 is 1.82 bits per heavy atom. The van der Waals surface area contributed by atoms with E-state index in [0.717, 1.165) is 35.2 Å². The van der Waals surface area contributed by atoms with Crippen molar-refractivity contribution >= 4 is 17.7 Å². The van der Waals surface area contributed by atoms with E-state index in [1.165, 1.54) is 12.1 Å². The van der Waals surface area contributed by atoms with Gasteiger partial charge in [-0.2, -0.15) is 0 Å². The van der Waals surface area contributed by atoms with Gasteiger partial charge in [0.15, 0.2) is 5.83 Å². The van der Waals surface area contributed by atoms with Gasteiger partial charge in [-0.3, -0.25) is 4.79 Å². The first kappa shape index (κ1) is 20.1. The molecule has 3 rings (SSSR count). The third kappa shape index (κ3) is 4.77. The molecular weight excluding hydrogens is 358 g/mol. The minimum atomic E-state index is -0.808. The van der Waals surface area contributed by atoms with E-state index in [-0.39, 0.29) is 17.9 Å². The van der Waals surface area contributed by atoms with Crippen molar-refractivity contribution in [2.75, 3.05) is 5.32 Å². The fourth-order valence-corrected chi connectivity index (χ4v) is 3.12. The fraction of sp³-hybridized carbons (Fsp3) is 0.348. The number of halogens is 2. The Kier molecular flexibility index (Phi) is 5.82. The number of nitrogens with one attached hydrogen (secondary N) is 2. The molecule has 148 valence electrons. The lowest BCUT2D eigenvalue weighted by Gasteiger charge is -2.14. The van der Waals surface area contributed by atoms with Gasteiger partial charge in [0.05, 0.1) is 0 Å². The molecule has 3 nitrogen and oxygen atoms in total. The summed E-state index contributed by atoms with van der Waals surface area (Å²) >= 11 is 0. The third-order valence-corrected chi connectivity index (χ3v) is 4.74. The van der Waals surface area contributed by atoms with Gasteiger partial charge in [-0.1, -0.05) is 12.1 Å². The van der Waals surface area contributed by atoms with Crippen molar-refractivity contribution in [3.05, 3.63) is 58.7 Å². The number of benzene rings is 2. The van der Waals surface area contributed by atoms with E-state index < -0.39 is 11.7 Å². The molecule has 0 aliphatic heterocycles. The molecule has 0 spiro atoms. The van der Waals surface area contributed by atoms with Gasteiger partial charge in [0, 0.05) is 23.3 Å². The van der Waals surface area contributed by atoms with Crippen LogP contribution in [0, 0.1) is 19.7 Å². The lowest BCUT2D eigenvalue weighted by molar-refractivity contribution is -0.118. The number of anilines is 1. The van der Waals surface area contributed by atoms with E-state index in [2.05, 4.69) is 10.6 Å². The average Bonchev–Trinajstić information content (AvgIpc) is 3.41. The summed E-state index contributed by atoms with van der Waals surface area (Å²) in [6.45, 7) is 7.67. The van der Waals surface area contributed by atoms with Crippen molar-refractivity contribution in [1.82, 2.24) is 5.32 Å². The smallest absolute Gasteiger partial charge is 0.280 e. The minimum Gasteiger partial charge on any atom is -0.383 e. The van der Waals surface area contributed by atoms with Gasteiger partial charge in [0.2, 0.25) is 0 Å². The predicted molar refractivity (Wildman–Crippen MR) is 110 cm³/mol. The zero-order valence-corrected chi connectivity index (χ0v) is 16.7. The van der Waals surface area contributed by atoms with Crippen molar-refractivity contribution in [3.63, 3.8) is 0 Å². The molecule has 2 aromatic rings. The van der Waals surface area contributed by atoms with Gasteiger partial charge in [0.1, 0.15) is 5.82 Å². The third-order valence-electron chi connectivity index (χ3n) is 4.74. The number of aryl methyl sites for hydroxylation is 2. The Morgan fingerprint density at radius 3 is 2.43 bits per heavy atom. The summed E-state index contributed by atoms with van der Waals surface area (Å²) in [5, 5.41) is 5.82. The van der Waals surface area contributed by atoms with Crippen LogP contribution in [-0.2, 0) is 4.79 Å². The summed E-state index contributed by atoms with van der Waals surface area (Å²) in [4.78, 5) is 11.8. The predicted octanol–water partition coefficient (Wildman–Crippen LogP) is 5.52. The average molecular weight is 384 g/mol. The molecule has 1 fully saturated rings. The van der Waals surface area contributed by atoms with Crippen LogP contribution in [-0.4, -0.2) is 18.0 Å². The Hall–Kier alpha value is -2.69. The number of hydrogen-bond acceptors (Lipinski definition) is 2. The van der Waals surface area contributed by atoms with Crippen LogP contribution in [0.5, 0.6) is 0 Å². The van der Waals surface area contributed by atoms with Crippen molar-refractivity contribution in [2.24, 2.45) is 0 Å². The highest BCUT2D eigenvalue weighted by molar-refractivity contribution is 5.96. The Morgan fingerprint density at radius 1 is 1.11 bits per heavy atom. The largest absolute Gasteiger partial charge is 0.383 e. The zero-order valence-electron chi connectivity index (χ0n) is 16.7. The van der Waals surface area contributed by atoms with Crippen molar-refractivity contribution in [2.45, 2.75) is 52.6 Å². The first-order valence-electron chi connectivity index (χ1n) is 9.60. The maximum absolute atomic E-state index is 14.7. The van der Waals surface area contributed by atoms with Crippen molar-refractivity contribution in [1.29, 1.82) is 0 Å². The second kappa shape index (κ2) is 8.13. The van der Waals surface area contributed by atoms with Crippen LogP contribution in [0.4, 0.5) is 14.5 Å². The molecule has 0 unspecified atom stereocenters. The first-order chi connectivity index (χ1) is 13.2. The van der Waals surface area contributed by atoms with Crippen LogP contribution >= 0.6 is 0 Å². The summed E-state index contributed by atoms with van der Waals surface area (Å²) in [6.07, 6.45) is 3.06. The SMILES string of the molecule is Cc1cc(-c2ccc(NC(C)C)cc2F)c(C)cc1/C=C(/F)C(=O)NC1CC1. The monoisotopic (exact) mass is 384 g/mol. The lowest BCUT2D eigenvalue weighted by Crippen LogP contribution is -2.25. The number of hydrogen-bond donors (Lipinski definition) is 2. The highest BCUT2D eigenvalue weighted by Crippen LogP contribution is 2.31. The minimum absolute atomic E-state index is 0.105. The molecule has 5 heteroatoms. The second-order valence-corrected chi connectivity index (χ2v) is 7.76. The summed E-state index contributed by atoms with van der Waals surface area (Å²) in [7, 11) is 0. The van der Waals surface area contributed by atoms with Gasteiger partial charge in [-0.25, -0.2) is 8.78 Å². The Balaban J connectivity index is 1.88. The number of carbonyl (C=O) groups is 1. The normalized spacial score (nSPS) is 14.3. The number of rotatable bonds is 6. The molecule has 1 aliphatic carbocycles. The van der Waals surface area contributed by atoms with Gasteiger partial charge in [-0.05, 0) is 87.1 Å². The van der Waals surface area contributed by atoms with Gasteiger partial charge in [0.25, 0.3) is 5.91 Å². The summed E-state index contributed by atoms with van der Waals surface area (Å²) < 4.78 is 28.9. The quantitative estimate of drug-likeness (QED) is 0.644. The van der Waals surface area contributed by atoms with Gasteiger partial charge >= 0.3 is 0 Å². The molecule has 2 aromatic carbocycles. The van der Waals surface area contributed by atoms with Crippen LogP contribution in [0.1, 0.15) is 43.4 Å². The lowest BCUT2D eigenvalue weighted by atomic mass is 9.94.